The van der Waals surface area contributed by atoms with Crippen LogP contribution in [0.4, 0.5) is 5.69 Å². The van der Waals surface area contributed by atoms with E-state index in [0.717, 1.165) is 10.6 Å². The maximum absolute atomic E-state index is 11.0. The molecule has 0 fully saturated rings. The van der Waals surface area contributed by atoms with Crippen LogP contribution in [0.2, 0.25) is 0 Å². The van der Waals surface area contributed by atoms with Crippen molar-refractivity contribution in [2.75, 3.05) is 14.2 Å². The smallest absolute Gasteiger partial charge is 0.310 e. The Hall–Kier alpha value is -3.13. The molecule has 26 heavy (non-hydrogen) atoms. The number of aromatic nitrogens is 1. The first-order valence-corrected chi connectivity index (χ1v) is 8.53. The Balaban J connectivity index is 1.76. The minimum absolute atomic E-state index is 0.0668. The zero-order valence-electron chi connectivity index (χ0n) is 14.2. The van der Waals surface area contributed by atoms with Crippen LogP contribution in [-0.2, 0) is 6.61 Å². The summed E-state index contributed by atoms with van der Waals surface area (Å²) in [7, 11) is 3.16. The number of nitro benzene ring substituents is 1. The third-order valence-electron chi connectivity index (χ3n) is 3.62. The first-order chi connectivity index (χ1) is 12.6. The molecular formula is C18H16N2O5S. The third-order valence-corrected chi connectivity index (χ3v) is 4.56. The quantitative estimate of drug-likeness (QED) is 0.454. The number of hydrogen-bond acceptors (Lipinski definition) is 7. The number of rotatable bonds is 7. The Kier molecular flexibility index (Phi) is 5.33. The monoisotopic (exact) mass is 372 g/mol. The molecule has 0 atom stereocenters. The molecule has 0 aliphatic heterocycles. The highest BCUT2D eigenvalue weighted by Gasteiger charge is 2.15. The third kappa shape index (κ3) is 3.75. The lowest BCUT2D eigenvalue weighted by Crippen LogP contribution is -1.99. The zero-order chi connectivity index (χ0) is 18.5. The molecule has 0 amide bonds. The van der Waals surface area contributed by atoms with Gasteiger partial charge in [-0.1, -0.05) is 12.1 Å². The number of nitro groups is 1. The Morgan fingerprint density at radius 3 is 2.58 bits per heavy atom. The van der Waals surface area contributed by atoms with Crippen LogP contribution in [0.15, 0.2) is 47.8 Å². The van der Waals surface area contributed by atoms with E-state index in [1.165, 1.54) is 17.4 Å². The summed E-state index contributed by atoms with van der Waals surface area (Å²) in [5, 5.41) is 13.7. The van der Waals surface area contributed by atoms with Crippen molar-refractivity contribution in [3.8, 4) is 27.8 Å². The van der Waals surface area contributed by atoms with Crippen LogP contribution in [-0.4, -0.2) is 24.1 Å². The normalized spacial score (nSPS) is 10.4. The van der Waals surface area contributed by atoms with Gasteiger partial charge in [0.2, 0.25) is 0 Å². The lowest BCUT2D eigenvalue weighted by atomic mass is 10.2. The van der Waals surface area contributed by atoms with Crippen LogP contribution >= 0.6 is 11.3 Å². The first kappa shape index (κ1) is 17.7. The number of hydrogen-bond donors (Lipinski definition) is 0. The highest BCUT2D eigenvalue weighted by atomic mass is 32.1. The maximum Gasteiger partial charge on any atom is 0.310 e. The van der Waals surface area contributed by atoms with E-state index in [1.54, 1.807) is 32.4 Å². The molecule has 0 saturated carbocycles. The Bertz CT molecular complexity index is 925. The molecule has 1 heterocycles. The topological polar surface area (TPSA) is 83.7 Å². The van der Waals surface area contributed by atoms with Crippen LogP contribution in [0.1, 0.15) is 5.69 Å². The van der Waals surface area contributed by atoms with Crippen LogP contribution in [0.3, 0.4) is 0 Å². The second-order valence-corrected chi connectivity index (χ2v) is 6.09. The van der Waals surface area contributed by atoms with Gasteiger partial charge in [0.1, 0.15) is 11.6 Å². The van der Waals surface area contributed by atoms with Crippen molar-refractivity contribution in [3.05, 3.63) is 63.7 Å². The van der Waals surface area contributed by atoms with Crippen molar-refractivity contribution >= 4 is 17.0 Å². The van der Waals surface area contributed by atoms with Crippen molar-refractivity contribution in [1.29, 1.82) is 0 Å². The van der Waals surface area contributed by atoms with E-state index < -0.39 is 4.92 Å². The van der Waals surface area contributed by atoms with Gasteiger partial charge in [0.25, 0.3) is 0 Å². The van der Waals surface area contributed by atoms with Gasteiger partial charge in [0.15, 0.2) is 17.2 Å². The standard InChI is InChI=1S/C18H16N2O5S/c1-23-16-8-7-12(9-17(16)24-2)18-19-13(11-26-18)10-25-15-6-4-3-5-14(15)20(21)22/h3-9,11H,10H2,1-2H3. The fraction of sp³-hybridized carbons (Fsp3) is 0.167. The predicted octanol–water partition coefficient (Wildman–Crippen LogP) is 4.31. The average Bonchev–Trinajstić information content (AvgIpc) is 3.15. The van der Waals surface area contributed by atoms with Gasteiger partial charge in [-0.05, 0) is 24.3 Å². The molecule has 3 aromatic rings. The second kappa shape index (κ2) is 7.83. The summed E-state index contributed by atoms with van der Waals surface area (Å²) in [5.41, 5.74) is 1.52. The number of para-hydroxylation sites is 2. The lowest BCUT2D eigenvalue weighted by molar-refractivity contribution is -0.385. The van der Waals surface area contributed by atoms with Crippen molar-refractivity contribution in [2.24, 2.45) is 0 Å². The molecule has 0 N–H and O–H groups in total. The molecule has 0 aliphatic rings. The van der Waals surface area contributed by atoms with Gasteiger partial charge < -0.3 is 14.2 Å². The second-order valence-electron chi connectivity index (χ2n) is 5.23. The summed E-state index contributed by atoms with van der Waals surface area (Å²) < 4.78 is 16.1. The summed E-state index contributed by atoms with van der Waals surface area (Å²) in [6.45, 7) is 0.147. The SMILES string of the molecule is COc1ccc(-c2nc(COc3ccccc3[N+](=O)[O-])cs2)cc1OC. The van der Waals surface area contributed by atoms with Crippen LogP contribution in [0.5, 0.6) is 17.2 Å². The Morgan fingerprint density at radius 2 is 1.85 bits per heavy atom. The van der Waals surface area contributed by atoms with Crippen LogP contribution < -0.4 is 14.2 Å². The largest absolute Gasteiger partial charge is 0.493 e. The van der Waals surface area contributed by atoms with Gasteiger partial charge in [-0.2, -0.15) is 0 Å². The molecule has 0 bridgehead atoms. The predicted molar refractivity (Wildman–Crippen MR) is 98.1 cm³/mol. The first-order valence-electron chi connectivity index (χ1n) is 7.65. The molecule has 0 unspecified atom stereocenters. The molecule has 0 aliphatic carbocycles. The molecule has 0 spiro atoms. The minimum atomic E-state index is -0.467. The van der Waals surface area contributed by atoms with Gasteiger partial charge >= 0.3 is 5.69 Å². The number of ether oxygens (including phenoxy) is 3. The molecule has 1 aromatic heterocycles. The fourth-order valence-electron chi connectivity index (χ4n) is 2.36. The number of nitrogens with zero attached hydrogens (tertiary/aromatic N) is 2. The maximum atomic E-state index is 11.0. The molecule has 0 radical (unpaired) electrons. The van der Waals surface area contributed by atoms with Crippen LogP contribution in [0.25, 0.3) is 10.6 Å². The van der Waals surface area contributed by atoms with Gasteiger partial charge in [-0.15, -0.1) is 11.3 Å². The molecule has 134 valence electrons. The molecule has 2 aromatic carbocycles. The number of benzene rings is 2. The average molecular weight is 372 g/mol. The van der Waals surface area contributed by atoms with Crippen molar-refractivity contribution < 1.29 is 19.1 Å². The van der Waals surface area contributed by atoms with E-state index in [9.17, 15) is 10.1 Å². The lowest BCUT2D eigenvalue weighted by Gasteiger charge is -2.08. The van der Waals surface area contributed by atoms with E-state index in [4.69, 9.17) is 14.2 Å². The van der Waals surface area contributed by atoms with Crippen molar-refractivity contribution in [2.45, 2.75) is 6.61 Å². The van der Waals surface area contributed by atoms with Gasteiger partial charge in [-0.3, -0.25) is 10.1 Å². The summed E-state index contributed by atoms with van der Waals surface area (Å²) in [4.78, 5) is 15.1. The van der Waals surface area contributed by atoms with Crippen molar-refractivity contribution in [3.63, 3.8) is 0 Å². The zero-order valence-corrected chi connectivity index (χ0v) is 15.0. The minimum Gasteiger partial charge on any atom is -0.493 e. The number of thiazole rings is 1. The summed E-state index contributed by atoms with van der Waals surface area (Å²) >= 11 is 1.46. The van der Waals surface area contributed by atoms with E-state index in [2.05, 4.69) is 4.98 Å². The van der Waals surface area contributed by atoms with Crippen LogP contribution in [0, 0.1) is 10.1 Å². The Morgan fingerprint density at radius 1 is 1.08 bits per heavy atom. The summed E-state index contributed by atoms with van der Waals surface area (Å²) in [5.74, 6) is 1.49. The van der Waals surface area contributed by atoms with E-state index in [1.807, 2.05) is 23.6 Å². The van der Waals surface area contributed by atoms with E-state index in [0.29, 0.717) is 17.2 Å². The van der Waals surface area contributed by atoms with Gasteiger partial charge in [0.05, 0.1) is 24.8 Å². The van der Waals surface area contributed by atoms with Gasteiger partial charge in [0, 0.05) is 17.0 Å². The Labute approximate surface area is 153 Å². The summed E-state index contributed by atoms with van der Waals surface area (Å²) in [6, 6.07) is 11.8. The summed E-state index contributed by atoms with van der Waals surface area (Å²) in [6.07, 6.45) is 0. The highest BCUT2D eigenvalue weighted by molar-refractivity contribution is 7.13. The molecule has 8 heteroatoms. The molecule has 7 nitrogen and oxygen atoms in total. The molecule has 0 saturated heterocycles. The van der Waals surface area contributed by atoms with Crippen molar-refractivity contribution in [1.82, 2.24) is 4.98 Å². The number of methoxy groups -OCH3 is 2. The van der Waals surface area contributed by atoms with E-state index in [-0.39, 0.29) is 18.0 Å². The molecular weight excluding hydrogens is 356 g/mol. The highest BCUT2D eigenvalue weighted by Crippen LogP contribution is 2.34. The molecule has 3 rings (SSSR count). The van der Waals surface area contributed by atoms with Gasteiger partial charge in [-0.25, -0.2) is 4.98 Å². The fourth-order valence-corrected chi connectivity index (χ4v) is 3.16. The van der Waals surface area contributed by atoms with E-state index >= 15 is 0 Å².